The van der Waals surface area contributed by atoms with Gasteiger partial charge in [0.1, 0.15) is 17.5 Å². The minimum absolute atomic E-state index is 0.329. The van der Waals surface area contributed by atoms with E-state index in [0.29, 0.717) is 22.5 Å². The maximum Gasteiger partial charge on any atom is 0.132 e. The van der Waals surface area contributed by atoms with E-state index < -0.39 is 0 Å². The minimum atomic E-state index is -0.352. The predicted octanol–water partition coefficient (Wildman–Crippen LogP) is 4.60. The van der Waals surface area contributed by atoms with Gasteiger partial charge in [-0.2, -0.15) is 0 Å². The number of imidazole rings is 1. The molecule has 0 aliphatic rings. The van der Waals surface area contributed by atoms with Crippen LogP contribution in [0.15, 0.2) is 42.5 Å². The van der Waals surface area contributed by atoms with Crippen molar-refractivity contribution in [2.45, 2.75) is 12.3 Å². The molecular formula is C15H11ClF2N2. The number of rotatable bonds is 2. The van der Waals surface area contributed by atoms with Gasteiger partial charge in [0.2, 0.25) is 0 Å². The van der Waals surface area contributed by atoms with Crippen molar-refractivity contribution in [3.8, 4) is 5.69 Å². The first kappa shape index (κ1) is 13.1. The van der Waals surface area contributed by atoms with Gasteiger partial charge < -0.3 is 0 Å². The fourth-order valence-electron chi connectivity index (χ4n) is 2.20. The second kappa shape index (κ2) is 4.87. The van der Waals surface area contributed by atoms with Crippen molar-refractivity contribution in [3.05, 3.63) is 59.9 Å². The maximum atomic E-state index is 13.5. The number of hydrogen-bond donors (Lipinski definition) is 0. The van der Waals surface area contributed by atoms with Crippen molar-refractivity contribution >= 4 is 22.6 Å². The van der Waals surface area contributed by atoms with Crippen LogP contribution in [0.2, 0.25) is 0 Å². The topological polar surface area (TPSA) is 17.8 Å². The van der Waals surface area contributed by atoms with Gasteiger partial charge >= 0.3 is 0 Å². The standard InChI is InChI=1S/C15H11ClF2N2/c1-9(16)15-19-13-7-4-11(18)8-14(13)20(15)12-5-2-10(17)3-6-12/h2-9H,1H3. The summed E-state index contributed by atoms with van der Waals surface area (Å²) in [4.78, 5) is 4.42. The average Bonchev–Trinajstić information content (AvgIpc) is 2.78. The average molecular weight is 293 g/mol. The summed E-state index contributed by atoms with van der Waals surface area (Å²) >= 11 is 6.15. The van der Waals surface area contributed by atoms with Gasteiger partial charge in [-0.1, -0.05) is 0 Å². The molecule has 2 aromatic carbocycles. The van der Waals surface area contributed by atoms with Crippen LogP contribution in [0.25, 0.3) is 16.7 Å². The van der Waals surface area contributed by atoms with Crippen LogP contribution in [0.4, 0.5) is 8.78 Å². The molecule has 1 heterocycles. The molecule has 0 saturated carbocycles. The Kier molecular flexibility index (Phi) is 3.18. The van der Waals surface area contributed by atoms with Crippen LogP contribution >= 0.6 is 11.6 Å². The predicted molar refractivity (Wildman–Crippen MR) is 75.3 cm³/mol. The van der Waals surface area contributed by atoms with Gasteiger partial charge in [0.05, 0.1) is 16.4 Å². The third-order valence-corrected chi connectivity index (χ3v) is 3.28. The van der Waals surface area contributed by atoms with E-state index >= 15 is 0 Å². The van der Waals surface area contributed by atoms with Crippen molar-refractivity contribution < 1.29 is 8.78 Å². The molecule has 2 nitrogen and oxygen atoms in total. The number of halogens is 3. The van der Waals surface area contributed by atoms with Crippen LogP contribution in [0.3, 0.4) is 0 Å². The monoisotopic (exact) mass is 292 g/mol. The molecule has 0 aliphatic carbocycles. The van der Waals surface area contributed by atoms with E-state index in [9.17, 15) is 8.78 Å². The van der Waals surface area contributed by atoms with Gasteiger partial charge in [-0.15, -0.1) is 11.6 Å². The third kappa shape index (κ3) is 2.16. The molecule has 1 atom stereocenters. The van der Waals surface area contributed by atoms with Crippen molar-refractivity contribution in [2.24, 2.45) is 0 Å². The molecule has 3 rings (SSSR count). The SMILES string of the molecule is CC(Cl)c1nc2ccc(F)cc2n1-c1ccc(F)cc1. The summed E-state index contributed by atoms with van der Waals surface area (Å²) in [6.07, 6.45) is 0. The largest absolute Gasteiger partial charge is 0.295 e. The molecule has 0 spiro atoms. The molecule has 0 amide bonds. The molecule has 3 aromatic rings. The van der Waals surface area contributed by atoms with E-state index in [1.807, 2.05) is 0 Å². The van der Waals surface area contributed by atoms with E-state index in [2.05, 4.69) is 4.98 Å². The third-order valence-electron chi connectivity index (χ3n) is 3.08. The van der Waals surface area contributed by atoms with Gasteiger partial charge in [0.25, 0.3) is 0 Å². The number of aromatic nitrogens is 2. The van der Waals surface area contributed by atoms with Gasteiger partial charge in [0, 0.05) is 11.8 Å². The molecule has 20 heavy (non-hydrogen) atoms. The Bertz CT molecular complexity index is 763. The highest BCUT2D eigenvalue weighted by atomic mass is 35.5. The van der Waals surface area contributed by atoms with Crippen LogP contribution in [-0.4, -0.2) is 9.55 Å². The fourth-order valence-corrected chi connectivity index (χ4v) is 2.34. The highest BCUT2D eigenvalue weighted by Gasteiger charge is 2.16. The molecule has 0 bridgehead atoms. The number of nitrogens with zero attached hydrogens (tertiary/aromatic N) is 2. The Balaban J connectivity index is 2.33. The summed E-state index contributed by atoms with van der Waals surface area (Å²) < 4.78 is 28.3. The Morgan fingerprint density at radius 3 is 2.35 bits per heavy atom. The summed E-state index contributed by atoms with van der Waals surface area (Å²) in [5.74, 6) is -0.0850. The number of alkyl halides is 1. The van der Waals surface area contributed by atoms with E-state index in [1.54, 1.807) is 29.7 Å². The fraction of sp³-hybridized carbons (Fsp3) is 0.133. The normalized spacial score (nSPS) is 12.8. The van der Waals surface area contributed by atoms with E-state index in [-0.39, 0.29) is 17.0 Å². The molecule has 0 aliphatic heterocycles. The Morgan fingerprint density at radius 2 is 1.70 bits per heavy atom. The first-order valence-electron chi connectivity index (χ1n) is 6.14. The molecule has 0 fully saturated rings. The molecule has 0 N–H and O–H groups in total. The smallest absolute Gasteiger partial charge is 0.132 e. The zero-order chi connectivity index (χ0) is 14.3. The number of hydrogen-bond acceptors (Lipinski definition) is 1. The lowest BCUT2D eigenvalue weighted by molar-refractivity contribution is 0.626. The second-order valence-electron chi connectivity index (χ2n) is 4.53. The van der Waals surface area contributed by atoms with Crippen molar-refractivity contribution in [1.82, 2.24) is 9.55 Å². The summed E-state index contributed by atoms with van der Waals surface area (Å²) in [5, 5.41) is -0.351. The molecule has 1 aromatic heterocycles. The van der Waals surface area contributed by atoms with E-state index in [0.717, 1.165) is 0 Å². The molecule has 0 radical (unpaired) electrons. The summed E-state index contributed by atoms with van der Waals surface area (Å²) in [6.45, 7) is 1.79. The first-order valence-corrected chi connectivity index (χ1v) is 6.58. The lowest BCUT2D eigenvalue weighted by atomic mass is 10.2. The molecule has 102 valence electrons. The van der Waals surface area contributed by atoms with E-state index in [1.165, 1.54) is 24.3 Å². The van der Waals surface area contributed by atoms with Gasteiger partial charge in [-0.3, -0.25) is 4.57 Å². The Morgan fingerprint density at radius 1 is 1.05 bits per heavy atom. The van der Waals surface area contributed by atoms with Crippen LogP contribution < -0.4 is 0 Å². The first-order chi connectivity index (χ1) is 9.56. The van der Waals surface area contributed by atoms with E-state index in [4.69, 9.17) is 11.6 Å². The highest BCUT2D eigenvalue weighted by molar-refractivity contribution is 6.20. The number of fused-ring (bicyclic) bond motifs is 1. The summed E-state index contributed by atoms with van der Waals surface area (Å²) in [5.41, 5.74) is 1.96. The quantitative estimate of drug-likeness (QED) is 0.631. The number of benzene rings is 2. The molecule has 0 saturated heterocycles. The summed E-state index contributed by atoms with van der Waals surface area (Å²) in [6, 6.07) is 10.3. The molecule has 1 unspecified atom stereocenters. The Labute approximate surface area is 119 Å². The van der Waals surface area contributed by atoms with Gasteiger partial charge in [-0.25, -0.2) is 13.8 Å². The lowest BCUT2D eigenvalue weighted by Gasteiger charge is -2.10. The van der Waals surface area contributed by atoms with Crippen molar-refractivity contribution in [3.63, 3.8) is 0 Å². The maximum absolute atomic E-state index is 13.5. The molecular weight excluding hydrogens is 282 g/mol. The zero-order valence-corrected chi connectivity index (χ0v) is 11.4. The second-order valence-corrected chi connectivity index (χ2v) is 5.19. The summed E-state index contributed by atoms with van der Waals surface area (Å²) in [7, 11) is 0. The van der Waals surface area contributed by atoms with Gasteiger partial charge in [0.15, 0.2) is 0 Å². The Hall–Kier alpha value is -1.94. The van der Waals surface area contributed by atoms with Crippen molar-refractivity contribution in [1.29, 1.82) is 0 Å². The van der Waals surface area contributed by atoms with Crippen molar-refractivity contribution in [2.75, 3.05) is 0 Å². The zero-order valence-electron chi connectivity index (χ0n) is 10.6. The minimum Gasteiger partial charge on any atom is -0.295 e. The highest BCUT2D eigenvalue weighted by Crippen LogP contribution is 2.28. The molecule has 5 heteroatoms. The lowest BCUT2D eigenvalue weighted by Crippen LogP contribution is -2.02. The van der Waals surface area contributed by atoms with Gasteiger partial charge in [-0.05, 0) is 43.3 Å². The van der Waals surface area contributed by atoms with Crippen LogP contribution in [-0.2, 0) is 0 Å². The van der Waals surface area contributed by atoms with Crippen LogP contribution in [0.1, 0.15) is 18.1 Å². The van der Waals surface area contributed by atoms with Crippen LogP contribution in [0.5, 0.6) is 0 Å². The van der Waals surface area contributed by atoms with Crippen LogP contribution in [0, 0.1) is 11.6 Å².